The number of aliphatic hydroxyl groups is 1. The molecule has 1 unspecified atom stereocenters. The largest absolute Gasteiger partial charge is 0.491 e. The topological polar surface area (TPSA) is 69.1 Å². The molecule has 166 valence electrons. The fraction of sp³-hybridized carbons (Fsp3) is 0.667. The highest BCUT2D eigenvalue weighted by molar-refractivity contribution is 14.0. The summed E-state index contributed by atoms with van der Waals surface area (Å²) in [5, 5.41) is 16.9. The number of nitrogens with zero attached hydrogens (tertiary/aromatic N) is 2. The molecule has 1 aromatic carbocycles. The number of hydrogen-bond acceptors (Lipinski definition) is 4. The van der Waals surface area contributed by atoms with E-state index in [1.807, 2.05) is 6.92 Å². The summed E-state index contributed by atoms with van der Waals surface area (Å²) in [6, 6.07) is 6.15. The highest BCUT2D eigenvalue weighted by atomic mass is 127. The van der Waals surface area contributed by atoms with E-state index in [1.54, 1.807) is 12.1 Å². The van der Waals surface area contributed by atoms with Crippen molar-refractivity contribution in [3.05, 3.63) is 30.1 Å². The van der Waals surface area contributed by atoms with Crippen LogP contribution in [0.5, 0.6) is 5.75 Å². The van der Waals surface area contributed by atoms with Gasteiger partial charge in [0.1, 0.15) is 24.3 Å². The first-order valence-corrected chi connectivity index (χ1v) is 10.3. The van der Waals surface area contributed by atoms with Crippen LogP contribution in [0.25, 0.3) is 0 Å². The molecule has 0 amide bonds. The van der Waals surface area contributed by atoms with E-state index in [1.165, 1.54) is 12.1 Å². The summed E-state index contributed by atoms with van der Waals surface area (Å²) in [5.74, 6) is 1.64. The van der Waals surface area contributed by atoms with Gasteiger partial charge in [0, 0.05) is 32.2 Å². The first-order valence-electron chi connectivity index (χ1n) is 10.3. The molecule has 0 aliphatic carbocycles. The van der Waals surface area contributed by atoms with E-state index in [2.05, 4.69) is 34.4 Å². The quantitative estimate of drug-likeness (QED) is 0.265. The van der Waals surface area contributed by atoms with Gasteiger partial charge < -0.3 is 25.4 Å². The van der Waals surface area contributed by atoms with Crippen LogP contribution in [0, 0.1) is 11.7 Å². The van der Waals surface area contributed by atoms with Crippen LogP contribution < -0.4 is 15.4 Å². The molecule has 0 spiro atoms. The smallest absolute Gasteiger partial charge is 0.191 e. The number of likely N-dealkylation sites (tertiary alicyclic amines) is 1. The molecule has 1 heterocycles. The van der Waals surface area contributed by atoms with Crippen molar-refractivity contribution in [2.45, 2.75) is 45.8 Å². The molecule has 1 aliphatic rings. The Bertz CT molecular complexity index is 593. The molecule has 1 fully saturated rings. The average molecular weight is 522 g/mol. The number of piperidine rings is 1. The Morgan fingerprint density at radius 2 is 1.93 bits per heavy atom. The third-order valence-electron chi connectivity index (χ3n) is 4.61. The molecule has 8 heteroatoms. The lowest BCUT2D eigenvalue weighted by atomic mass is 10.0. The Morgan fingerprint density at radius 3 is 2.52 bits per heavy atom. The molecule has 1 atom stereocenters. The summed E-state index contributed by atoms with van der Waals surface area (Å²) in [4.78, 5) is 7.01. The zero-order valence-electron chi connectivity index (χ0n) is 17.7. The number of aliphatic hydroxyl groups excluding tert-OH is 1. The molecule has 0 bridgehead atoms. The Morgan fingerprint density at radius 1 is 1.28 bits per heavy atom. The second-order valence-corrected chi connectivity index (χ2v) is 7.75. The van der Waals surface area contributed by atoms with Gasteiger partial charge in [-0.3, -0.25) is 4.99 Å². The molecular formula is C21H36FIN4O2. The standard InChI is InChI=1S/C21H35FN4O2.HI/c1-4-23-21(25-18-9-11-26(12-10-18)14-16(2)3)24-13-19(27)15-28-20-7-5-17(22)6-8-20;/h5-8,16,18-19,27H,4,9-15H2,1-3H3,(H2,23,24,25);1H. The average Bonchev–Trinajstić information content (AvgIpc) is 2.67. The van der Waals surface area contributed by atoms with Crippen LogP contribution in [0.15, 0.2) is 29.3 Å². The van der Waals surface area contributed by atoms with Crippen molar-refractivity contribution in [3.63, 3.8) is 0 Å². The number of hydrogen-bond donors (Lipinski definition) is 3. The van der Waals surface area contributed by atoms with E-state index < -0.39 is 6.10 Å². The third-order valence-corrected chi connectivity index (χ3v) is 4.61. The lowest BCUT2D eigenvalue weighted by Gasteiger charge is -2.34. The molecule has 1 saturated heterocycles. The Hall–Kier alpha value is -1.13. The van der Waals surface area contributed by atoms with Gasteiger partial charge in [-0.1, -0.05) is 13.8 Å². The highest BCUT2D eigenvalue weighted by Crippen LogP contribution is 2.13. The van der Waals surface area contributed by atoms with Gasteiger partial charge in [0.25, 0.3) is 0 Å². The van der Waals surface area contributed by atoms with Gasteiger partial charge in [-0.2, -0.15) is 0 Å². The van der Waals surface area contributed by atoms with Crippen molar-refractivity contribution in [1.29, 1.82) is 0 Å². The van der Waals surface area contributed by atoms with Gasteiger partial charge in [-0.25, -0.2) is 4.39 Å². The molecule has 3 N–H and O–H groups in total. The molecule has 6 nitrogen and oxygen atoms in total. The van der Waals surface area contributed by atoms with Crippen LogP contribution in [-0.4, -0.2) is 67.4 Å². The molecule has 0 aromatic heterocycles. The molecule has 1 aliphatic heterocycles. The lowest BCUT2D eigenvalue weighted by Crippen LogP contribution is -2.49. The van der Waals surface area contributed by atoms with Crippen LogP contribution in [0.3, 0.4) is 0 Å². The first kappa shape index (κ1) is 25.9. The van der Waals surface area contributed by atoms with E-state index >= 15 is 0 Å². The van der Waals surface area contributed by atoms with Crippen LogP contribution in [0.4, 0.5) is 4.39 Å². The summed E-state index contributed by atoms with van der Waals surface area (Å²) >= 11 is 0. The third kappa shape index (κ3) is 10.5. The van der Waals surface area contributed by atoms with E-state index in [-0.39, 0.29) is 42.9 Å². The highest BCUT2D eigenvalue weighted by Gasteiger charge is 2.20. The Balaban J connectivity index is 0.00000420. The number of aliphatic imine (C=N–C) groups is 1. The van der Waals surface area contributed by atoms with Crippen LogP contribution in [-0.2, 0) is 0 Å². The van der Waals surface area contributed by atoms with Crippen LogP contribution >= 0.6 is 24.0 Å². The summed E-state index contributed by atoms with van der Waals surface area (Å²) in [7, 11) is 0. The van der Waals surface area contributed by atoms with Crippen molar-refractivity contribution in [1.82, 2.24) is 15.5 Å². The minimum atomic E-state index is -0.728. The summed E-state index contributed by atoms with van der Waals surface area (Å²) in [5.41, 5.74) is 0. The van der Waals surface area contributed by atoms with E-state index in [9.17, 15) is 9.50 Å². The molecule has 29 heavy (non-hydrogen) atoms. The van der Waals surface area contributed by atoms with E-state index in [4.69, 9.17) is 4.74 Å². The minimum Gasteiger partial charge on any atom is -0.491 e. The number of halogens is 2. The number of guanidine groups is 1. The van der Waals surface area contributed by atoms with Gasteiger partial charge in [-0.15, -0.1) is 24.0 Å². The fourth-order valence-electron chi connectivity index (χ4n) is 3.26. The van der Waals surface area contributed by atoms with Gasteiger partial charge in [0.05, 0.1) is 6.54 Å². The Labute approximate surface area is 191 Å². The molecule has 0 radical (unpaired) electrons. The maximum absolute atomic E-state index is 12.9. The van der Waals surface area contributed by atoms with E-state index in [0.717, 1.165) is 45.0 Å². The number of rotatable bonds is 9. The fourth-order valence-corrected chi connectivity index (χ4v) is 3.26. The van der Waals surface area contributed by atoms with Gasteiger partial charge in [-0.05, 0) is 49.9 Å². The van der Waals surface area contributed by atoms with Gasteiger partial charge in [0.2, 0.25) is 0 Å². The summed E-state index contributed by atoms with van der Waals surface area (Å²) < 4.78 is 18.4. The Kier molecular flexibility index (Phi) is 12.5. The lowest BCUT2D eigenvalue weighted by molar-refractivity contribution is 0.114. The second kappa shape index (κ2) is 14.0. The maximum Gasteiger partial charge on any atom is 0.191 e. The molecule has 1 aromatic rings. The predicted molar refractivity (Wildman–Crippen MR) is 127 cm³/mol. The summed E-state index contributed by atoms with van der Waals surface area (Å²) in [6.07, 6.45) is 1.45. The number of nitrogens with one attached hydrogen (secondary N) is 2. The molecule has 2 rings (SSSR count). The number of benzene rings is 1. The molecular weight excluding hydrogens is 486 g/mol. The SMILES string of the molecule is CCNC(=NCC(O)COc1ccc(F)cc1)NC1CCN(CC(C)C)CC1.I. The van der Waals surface area contributed by atoms with Crippen molar-refractivity contribution in [2.24, 2.45) is 10.9 Å². The summed E-state index contributed by atoms with van der Waals surface area (Å²) in [6.45, 7) is 11.0. The molecule has 0 saturated carbocycles. The zero-order valence-corrected chi connectivity index (χ0v) is 20.1. The predicted octanol–water partition coefficient (Wildman–Crippen LogP) is 2.86. The zero-order chi connectivity index (χ0) is 20.4. The maximum atomic E-state index is 12.9. The normalized spacial score (nSPS) is 17.0. The van der Waals surface area contributed by atoms with Gasteiger partial charge in [0.15, 0.2) is 5.96 Å². The second-order valence-electron chi connectivity index (χ2n) is 7.75. The van der Waals surface area contributed by atoms with E-state index in [0.29, 0.717) is 17.7 Å². The van der Waals surface area contributed by atoms with Gasteiger partial charge >= 0.3 is 0 Å². The van der Waals surface area contributed by atoms with Crippen LogP contribution in [0.1, 0.15) is 33.6 Å². The number of ether oxygens (including phenoxy) is 1. The van der Waals surface area contributed by atoms with Crippen molar-refractivity contribution in [3.8, 4) is 5.75 Å². The van der Waals surface area contributed by atoms with Crippen molar-refractivity contribution >= 4 is 29.9 Å². The van der Waals surface area contributed by atoms with Crippen LogP contribution in [0.2, 0.25) is 0 Å². The monoisotopic (exact) mass is 522 g/mol. The minimum absolute atomic E-state index is 0. The first-order chi connectivity index (χ1) is 13.5. The van der Waals surface area contributed by atoms with Crippen molar-refractivity contribution < 1.29 is 14.2 Å². The van der Waals surface area contributed by atoms with Crippen molar-refractivity contribution in [2.75, 3.05) is 39.3 Å².